The minimum Gasteiger partial charge on any atom is -0.378 e. The summed E-state index contributed by atoms with van der Waals surface area (Å²) in [5, 5.41) is 3.22. The van der Waals surface area contributed by atoms with Crippen molar-refractivity contribution >= 4 is 5.69 Å². The van der Waals surface area contributed by atoms with Crippen LogP contribution in [-0.2, 0) is 6.54 Å². The lowest BCUT2D eigenvalue weighted by Gasteiger charge is -2.15. The zero-order valence-electron chi connectivity index (χ0n) is 12.0. The molecule has 0 radical (unpaired) electrons. The quantitative estimate of drug-likeness (QED) is 0.842. The number of para-hydroxylation sites is 1. The van der Waals surface area contributed by atoms with Gasteiger partial charge >= 0.3 is 0 Å². The fourth-order valence-electron chi connectivity index (χ4n) is 2.52. The van der Waals surface area contributed by atoms with Gasteiger partial charge < -0.3 is 5.32 Å². The molecule has 0 aliphatic rings. The molecule has 2 rings (SSSR count). The summed E-state index contributed by atoms with van der Waals surface area (Å²) >= 11 is 0. The first kappa shape index (κ1) is 13.6. The molecule has 1 nitrogen and oxygen atoms in total. The molecule has 100 valence electrons. The highest BCUT2D eigenvalue weighted by Gasteiger charge is 2.07. The minimum absolute atomic E-state index is 0.192. The summed E-state index contributed by atoms with van der Waals surface area (Å²) in [6.45, 7) is 8.87. The Hall–Kier alpha value is -1.83. The van der Waals surface area contributed by atoms with Crippen LogP contribution in [0.1, 0.15) is 27.8 Å². The van der Waals surface area contributed by atoms with E-state index in [1.54, 1.807) is 6.07 Å². The van der Waals surface area contributed by atoms with Crippen LogP contribution < -0.4 is 5.32 Å². The van der Waals surface area contributed by atoms with Gasteiger partial charge in [-0.25, -0.2) is 4.39 Å². The van der Waals surface area contributed by atoms with Crippen LogP contribution in [0.2, 0.25) is 0 Å². The fraction of sp³-hybridized carbons (Fsp3) is 0.294. The third-order valence-corrected chi connectivity index (χ3v) is 3.50. The average molecular weight is 257 g/mol. The predicted octanol–water partition coefficient (Wildman–Crippen LogP) is 4.67. The van der Waals surface area contributed by atoms with Gasteiger partial charge in [0.25, 0.3) is 0 Å². The number of rotatable bonds is 3. The topological polar surface area (TPSA) is 12.0 Å². The van der Waals surface area contributed by atoms with Gasteiger partial charge in [0.1, 0.15) is 5.82 Å². The summed E-state index contributed by atoms with van der Waals surface area (Å²) in [5.41, 5.74) is 6.54. The predicted molar refractivity (Wildman–Crippen MR) is 79.1 cm³/mol. The monoisotopic (exact) mass is 257 g/mol. The molecule has 19 heavy (non-hydrogen) atoms. The zero-order chi connectivity index (χ0) is 14.0. The molecule has 0 heterocycles. The van der Waals surface area contributed by atoms with Crippen LogP contribution in [-0.4, -0.2) is 0 Å². The lowest BCUT2D eigenvalue weighted by atomic mass is 9.99. The third-order valence-electron chi connectivity index (χ3n) is 3.50. The number of nitrogens with one attached hydrogen (secondary N) is 1. The van der Waals surface area contributed by atoms with Gasteiger partial charge in [-0.05, 0) is 56.0 Å². The maximum Gasteiger partial charge on any atom is 0.146 e. The van der Waals surface area contributed by atoms with Crippen molar-refractivity contribution in [3.63, 3.8) is 0 Å². The molecule has 0 aromatic heterocycles. The Balaban J connectivity index is 2.24. The van der Waals surface area contributed by atoms with E-state index in [-0.39, 0.29) is 5.82 Å². The van der Waals surface area contributed by atoms with Crippen LogP contribution in [0.4, 0.5) is 10.1 Å². The molecule has 0 amide bonds. The van der Waals surface area contributed by atoms with Crippen LogP contribution in [0, 0.1) is 33.5 Å². The molecule has 0 saturated carbocycles. The van der Waals surface area contributed by atoms with Crippen LogP contribution in [0.15, 0.2) is 30.3 Å². The minimum atomic E-state index is -0.192. The molecular formula is C17H20FN. The van der Waals surface area contributed by atoms with Gasteiger partial charge in [-0.1, -0.05) is 29.8 Å². The molecule has 0 saturated heterocycles. The van der Waals surface area contributed by atoms with E-state index in [1.807, 2.05) is 13.0 Å². The van der Waals surface area contributed by atoms with E-state index in [9.17, 15) is 4.39 Å². The number of benzene rings is 2. The van der Waals surface area contributed by atoms with Gasteiger partial charge in [0.2, 0.25) is 0 Å². The molecule has 1 N–H and O–H groups in total. The fourth-order valence-corrected chi connectivity index (χ4v) is 2.52. The lowest BCUT2D eigenvalue weighted by Crippen LogP contribution is -2.06. The van der Waals surface area contributed by atoms with Crippen molar-refractivity contribution in [1.82, 2.24) is 0 Å². The van der Waals surface area contributed by atoms with E-state index < -0.39 is 0 Å². The Kier molecular flexibility index (Phi) is 3.89. The van der Waals surface area contributed by atoms with Crippen LogP contribution >= 0.6 is 0 Å². The van der Waals surface area contributed by atoms with E-state index in [2.05, 4.69) is 38.2 Å². The second-order valence-electron chi connectivity index (χ2n) is 5.16. The molecule has 0 spiro atoms. The SMILES string of the molecule is Cc1cc(C)c(CNc2c(C)cccc2F)c(C)c1. The molecule has 0 bridgehead atoms. The zero-order valence-corrected chi connectivity index (χ0v) is 12.0. The first-order valence-electron chi connectivity index (χ1n) is 6.54. The van der Waals surface area contributed by atoms with Crippen molar-refractivity contribution in [2.24, 2.45) is 0 Å². The first-order chi connectivity index (χ1) is 8.99. The number of aryl methyl sites for hydroxylation is 4. The normalized spacial score (nSPS) is 10.6. The summed E-state index contributed by atoms with van der Waals surface area (Å²) in [4.78, 5) is 0. The molecule has 2 aromatic carbocycles. The van der Waals surface area contributed by atoms with Crippen LogP contribution in [0.3, 0.4) is 0 Å². The Morgan fingerprint density at radius 1 is 0.947 bits per heavy atom. The number of hydrogen-bond donors (Lipinski definition) is 1. The average Bonchev–Trinajstić information content (AvgIpc) is 2.31. The van der Waals surface area contributed by atoms with Crippen molar-refractivity contribution in [3.05, 3.63) is 64.0 Å². The maximum absolute atomic E-state index is 13.8. The second kappa shape index (κ2) is 5.43. The number of halogens is 1. The highest BCUT2D eigenvalue weighted by atomic mass is 19.1. The molecule has 0 aliphatic carbocycles. The first-order valence-corrected chi connectivity index (χ1v) is 6.54. The molecule has 2 aromatic rings. The number of anilines is 1. The molecular weight excluding hydrogens is 237 g/mol. The largest absolute Gasteiger partial charge is 0.378 e. The van der Waals surface area contributed by atoms with Crippen LogP contribution in [0.5, 0.6) is 0 Å². The Bertz CT molecular complexity index is 559. The Labute approximate surface area is 114 Å². The van der Waals surface area contributed by atoms with Crippen molar-refractivity contribution in [2.75, 3.05) is 5.32 Å². The molecule has 2 heteroatoms. The van der Waals surface area contributed by atoms with Gasteiger partial charge in [-0.3, -0.25) is 0 Å². The summed E-state index contributed by atoms with van der Waals surface area (Å²) in [6, 6.07) is 9.47. The van der Waals surface area contributed by atoms with E-state index >= 15 is 0 Å². The highest BCUT2D eigenvalue weighted by molar-refractivity contribution is 5.52. The van der Waals surface area contributed by atoms with Crippen LogP contribution in [0.25, 0.3) is 0 Å². The van der Waals surface area contributed by atoms with Crippen molar-refractivity contribution in [1.29, 1.82) is 0 Å². The van der Waals surface area contributed by atoms with Gasteiger partial charge in [0, 0.05) is 6.54 Å². The van der Waals surface area contributed by atoms with Gasteiger partial charge in [0.15, 0.2) is 0 Å². The maximum atomic E-state index is 13.8. The van der Waals surface area contributed by atoms with E-state index in [1.165, 1.54) is 28.3 Å². The second-order valence-corrected chi connectivity index (χ2v) is 5.16. The van der Waals surface area contributed by atoms with Gasteiger partial charge in [-0.2, -0.15) is 0 Å². The molecule has 0 fully saturated rings. The third kappa shape index (κ3) is 2.95. The summed E-state index contributed by atoms with van der Waals surface area (Å²) < 4.78 is 13.8. The van der Waals surface area contributed by atoms with Crippen molar-refractivity contribution < 1.29 is 4.39 Å². The van der Waals surface area contributed by atoms with E-state index in [0.717, 1.165) is 5.56 Å². The summed E-state index contributed by atoms with van der Waals surface area (Å²) in [5.74, 6) is -0.192. The standard InChI is InChI=1S/C17H20FN/c1-11-8-13(3)15(14(4)9-11)10-19-17-12(2)6-5-7-16(17)18/h5-9,19H,10H2,1-4H3. The van der Waals surface area contributed by atoms with Gasteiger partial charge in [-0.15, -0.1) is 0 Å². The van der Waals surface area contributed by atoms with Gasteiger partial charge in [0.05, 0.1) is 5.69 Å². The smallest absolute Gasteiger partial charge is 0.146 e. The summed E-state index contributed by atoms with van der Waals surface area (Å²) in [6.07, 6.45) is 0. The number of hydrogen-bond acceptors (Lipinski definition) is 1. The molecule has 0 unspecified atom stereocenters. The highest BCUT2D eigenvalue weighted by Crippen LogP contribution is 2.22. The Morgan fingerprint density at radius 3 is 2.16 bits per heavy atom. The Morgan fingerprint density at radius 2 is 1.58 bits per heavy atom. The molecule has 0 atom stereocenters. The summed E-state index contributed by atoms with van der Waals surface area (Å²) in [7, 11) is 0. The van der Waals surface area contributed by atoms with E-state index in [4.69, 9.17) is 0 Å². The van der Waals surface area contributed by atoms with Crippen molar-refractivity contribution in [3.8, 4) is 0 Å². The molecule has 0 aliphatic heterocycles. The van der Waals surface area contributed by atoms with E-state index in [0.29, 0.717) is 12.2 Å². The lowest BCUT2D eigenvalue weighted by molar-refractivity contribution is 0.629. The van der Waals surface area contributed by atoms with Crippen molar-refractivity contribution in [2.45, 2.75) is 34.2 Å².